The fourth-order valence-electron chi connectivity index (χ4n) is 1.41. The molecule has 1 heterocycles. The van der Waals surface area contributed by atoms with E-state index >= 15 is 0 Å². The second kappa shape index (κ2) is 4.01. The molecule has 10 heteroatoms. The van der Waals surface area contributed by atoms with Crippen LogP contribution in [0.4, 0.5) is 13.2 Å². The molecule has 1 aromatic carbocycles. The van der Waals surface area contributed by atoms with Crippen LogP contribution in [0.1, 0.15) is 5.56 Å². The van der Waals surface area contributed by atoms with Gasteiger partial charge in [0.05, 0.1) is 11.1 Å². The Labute approximate surface area is 108 Å². The molecule has 98 valence electrons. The lowest BCUT2D eigenvalue weighted by molar-refractivity contribution is -0.137. The lowest BCUT2D eigenvalue weighted by atomic mass is 10.2. The average Bonchev–Trinajstić information content (AvgIpc) is 2.52. The third-order valence-corrected chi connectivity index (χ3v) is 3.63. The maximum atomic E-state index is 12.6. The van der Waals surface area contributed by atoms with Crippen LogP contribution in [0.5, 0.6) is 0 Å². The number of H-pyrrole nitrogens is 1. The summed E-state index contributed by atoms with van der Waals surface area (Å²) >= 11 is 5.49. The SMILES string of the molecule is O=S(=O)(Cl)c1cc(C(F)(F)F)cc2[nH]c(Cl)nc12. The highest BCUT2D eigenvalue weighted by atomic mass is 35.7. The van der Waals surface area contributed by atoms with E-state index in [1.807, 2.05) is 0 Å². The third kappa shape index (κ3) is 2.40. The molecule has 1 aromatic heterocycles. The Hall–Kier alpha value is -0.990. The molecule has 18 heavy (non-hydrogen) atoms. The Morgan fingerprint density at radius 1 is 1.28 bits per heavy atom. The molecule has 0 saturated carbocycles. The minimum Gasteiger partial charge on any atom is -0.329 e. The highest BCUT2D eigenvalue weighted by molar-refractivity contribution is 8.14. The van der Waals surface area contributed by atoms with Gasteiger partial charge in [0.15, 0.2) is 0 Å². The molecule has 0 bridgehead atoms. The van der Waals surface area contributed by atoms with E-state index in [9.17, 15) is 21.6 Å². The van der Waals surface area contributed by atoms with Gasteiger partial charge in [-0.25, -0.2) is 13.4 Å². The van der Waals surface area contributed by atoms with Crippen LogP contribution in [0.3, 0.4) is 0 Å². The maximum Gasteiger partial charge on any atom is 0.416 e. The number of nitrogens with zero attached hydrogens (tertiary/aromatic N) is 1. The van der Waals surface area contributed by atoms with E-state index in [0.29, 0.717) is 12.1 Å². The number of aromatic nitrogens is 2. The van der Waals surface area contributed by atoms with E-state index < -0.39 is 25.7 Å². The maximum absolute atomic E-state index is 12.6. The van der Waals surface area contributed by atoms with Crippen molar-refractivity contribution in [2.45, 2.75) is 11.1 Å². The molecule has 4 nitrogen and oxygen atoms in total. The van der Waals surface area contributed by atoms with Crippen molar-refractivity contribution >= 4 is 42.4 Å². The molecular formula is C8H3Cl2F3N2O2S. The molecule has 0 fully saturated rings. The monoisotopic (exact) mass is 318 g/mol. The van der Waals surface area contributed by atoms with Gasteiger partial charge in [-0.05, 0) is 23.7 Å². The minimum atomic E-state index is -4.71. The van der Waals surface area contributed by atoms with Crippen molar-refractivity contribution in [3.8, 4) is 0 Å². The molecule has 0 aliphatic carbocycles. The number of fused-ring (bicyclic) bond motifs is 1. The Morgan fingerprint density at radius 2 is 1.89 bits per heavy atom. The van der Waals surface area contributed by atoms with Crippen molar-refractivity contribution in [2.24, 2.45) is 0 Å². The summed E-state index contributed by atoms with van der Waals surface area (Å²) in [6.45, 7) is 0. The first-order valence-corrected chi connectivity index (χ1v) is 6.99. The summed E-state index contributed by atoms with van der Waals surface area (Å²) in [5.74, 6) is 0. The van der Waals surface area contributed by atoms with Crippen molar-refractivity contribution in [1.82, 2.24) is 9.97 Å². The summed E-state index contributed by atoms with van der Waals surface area (Å²) < 4.78 is 60.2. The van der Waals surface area contributed by atoms with E-state index in [1.165, 1.54) is 0 Å². The minimum absolute atomic E-state index is 0.158. The van der Waals surface area contributed by atoms with Crippen LogP contribution in [0, 0.1) is 0 Å². The van der Waals surface area contributed by atoms with Crippen LogP contribution in [0.25, 0.3) is 11.0 Å². The highest BCUT2D eigenvalue weighted by Gasteiger charge is 2.33. The molecule has 0 unspecified atom stereocenters. The molecule has 2 rings (SSSR count). The number of nitrogens with one attached hydrogen (secondary N) is 1. The zero-order valence-electron chi connectivity index (χ0n) is 8.22. The molecular weight excluding hydrogens is 316 g/mol. The van der Waals surface area contributed by atoms with Gasteiger partial charge in [0.1, 0.15) is 10.4 Å². The molecule has 0 aliphatic rings. The Bertz CT molecular complexity index is 724. The normalized spacial score (nSPS) is 13.2. The van der Waals surface area contributed by atoms with Crippen molar-refractivity contribution < 1.29 is 21.6 Å². The number of halogens is 5. The van der Waals surface area contributed by atoms with Gasteiger partial charge in [-0.3, -0.25) is 0 Å². The fourth-order valence-corrected chi connectivity index (χ4v) is 2.60. The first kappa shape index (κ1) is 13.4. The van der Waals surface area contributed by atoms with Crippen LogP contribution in [-0.4, -0.2) is 18.4 Å². The smallest absolute Gasteiger partial charge is 0.329 e. The van der Waals surface area contributed by atoms with Gasteiger partial charge in [-0.2, -0.15) is 13.2 Å². The van der Waals surface area contributed by atoms with Crippen LogP contribution < -0.4 is 0 Å². The lowest BCUT2D eigenvalue weighted by Crippen LogP contribution is -2.06. The molecule has 0 atom stereocenters. The van der Waals surface area contributed by atoms with Crippen molar-refractivity contribution in [1.29, 1.82) is 0 Å². The predicted molar refractivity (Wildman–Crippen MR) is 59.1 cm³/mol. The van der Waals surface area contributed by atoms with Gasteiger partial charge in [0.2, 0.25) is 5.28 Å². The molecule has 0 aliphatic heterocycles. The molecule has 2 aromatic rings. The topological polar surface area (TPSA) is 62.8 Å². The van der Waals surface area contributed by atoms with E-state index in [-0.39, 0.29) is 16.3 Å². The second-order valence-corrected chi connectivity index (χ2v) is 6.23. The van der Waals surface area contributed by atoms with Crippen LogP contribution in [0.2, 0.25) is 5.28 Å². The molecule has 0 amide bonds. The van der Waals surface area contributed by atoms with Gasteiger partial charge in [0.25, 0.3) is 9.05 Å². The van der Waals surface area contributed by atoms with Crippen molar-refractivity contribution in [3.63, 3.8) is 0 Å². The van der Waals surface area contributed by atoms with Crippen LogP contribution >= 0.6 is 22.3 Å². The van der Waals surface area contributed by atoms with E-state index in [2.05, 4.69) is 9.97 Å². The first-order chi connectivity index (χ1) is 8.09. The highest BCUT2D eigenvalue weighted by Crippen LogP contribution is 2.35. The number of imidazole rings is 1. The second-order valence-electron chi connectivity index (χ2n) is 3.33. The van der Waals surface area contributed by atoms with E-state index in [1.54, 1.807) is 0 Å². The van der Waals surface area contributed by atoms with Crippen LogP contribution in [0.15, 0.2) is 17.0 Å². The summed E-state index contributed by atoms with van der Waals surface area (Å²) in [5.41, 5.74) is -1.55. The molecule has 0 saturated heterocycles. The molecule has 1 N–H and O–H groups in total. The van der Waals surface area contributed by atoms with Crippen molar-refractivity contribution in [2.75, 3.05) is 0 Å². The number of alkyl halides is 3. The Kier molecular flexibility index (Phi) is 2.99. The van der Waals surface area contributed by atoms with Crippen molar-refractivity contribution in [3.05, 3.63) is 23.0 Å². The fraction of sp³-hybridized carbons (Fsp3) is 0.125. The first-order valence-electron chi connectivity index (χ1n) is 4.30. The Balaban J connectivity index is 2.89. The summed E-state index contributed by atoms with van der Waals surface area (Å²) in [4.78, 5) is 5.16. The lowest BCUT2D eigenvalue weighted by Gasteiger charge is -2.08. The summed E-state index contributed by atoms with van der Waals surface area (Å²) in [6.07, 6.45) is -4.71. The number of benzene rings is 1. The standard InChI is InChI=1S/C8H3Cl2F3N2O2S/c9-7-14-4-1-3(8(11,12)13)2-5(6(4)15-7)18(10,16)17/h1-2H,(H,14,15). The number of aromatic amines is 1. The third-order valence-electron chi connectivity index (χ3n) is 2.11. The molecule has 0 radical (unpaired) electrons. The van der Waals surface area contributed by atoms with E-state index in [4.69, 9.17) is 22.3 Å². The van der Waals surface area contributed by atoms with Gasteiger partial charge in [-0.1, -0.05) is 0 Å². The zero-order valence-corrected chi connectivity index (χ0v) is 10.5. The average molecular weight is 319 g/mol. The van der Waals surface area contributed by atoms with E-state index in [0.717, 1.165) is 0 Å². The Morgan fingerprint density at radius 3 is 2.39 bits per heavy atom. The van der Waals surface area contributed by atoms with Gasteiger partial charge in [-0.15, -0.1) is 0 Å². The zero-order chi connectivity index (χ0) is 13.7. The quantitative estimate of drug-likeness (QED) is 0.821. The largest absolute Gasteiger partial charge is 0.416 e. The molecule has 0 spiro atoms. The summed E-state index contributed by atoms with van der Waals surface area (Å²) in [6, 6.07) is 1.13. The van der Waals surface area contributed by atoms with Gasteiger partial charge in [0, 0.05) is 10.7 Å². The number of rotatable bonds is 1. The predicted octanol–water partition coefficient (Wildman–Crippen LogP) is 3.16. The van der Waals surface area contributed by atoms with Crippen LogP contribution in [-0.2, 0) is 15.2 Å². The summed E-state index contributed by atoms with van der Waals surface area (Å²) in [7, 11) is 0.709. The summed E-state index contributed by atoms with van der Waals surface area (Å²) in [5, 5.41) is -0.231. The number of hydrogen-bond acceptors (Lipinski definition) is 3. The van der Waals surface area contributed by atoms with Gasteiger partial charge < -0.3 is 4.98 Å². The van der Waals surface area contributed by atoms with Gasteiger partial charge >= 0.3 is 6.18 Å². The number of hydrogen-bond donors (Lipinski definition) is 1.